The van der Waals surface area contributed by atoms with Gasteiger partial charge in [-0.05, 0) is 17.5 Å². The quantitative estimate of drug-likeness (QED) is 0.381. The molecule has 132 valence electrons. The Morgan fingerprint density at radius 3 is 1.76 bits per heavy atom. The molecule has 0 aliphatic heterocycles. The minimum atomic E-state index is -3.03. The van der Waals surface area contributed by atoms with Crippen molar-refractivity contribution in [1.29, 1.82) is 0 Å². The fourth-order valence-electron chi connectivity index (χ4n) is 2.24. The molecule has 0 unspecified atom stereocenters. The predicted molar refractivity (Wildman–Crippen MR) is 111 cm³/mol. The molecule has 2 aromatic rings. The summed E-state index contributed by atoms with van der Waals surface area (Å²) in [5.74, 6) is 3.18. The molecule has 2 nitrogen and oxygen atoms in total. The number of rotatable bonds is 8. The van der Waals surface area contributed by atoms with Crippen LogP contribution in [0.5, 0.6) is 0 Å². The van der Waals surface area contributed by atoms with Crippen LogP contribution in [0.4, 0.5) is 0 Å². The third kappa shape index (κ3) is 6.49. The highest BCUT2D eigenvalue weighted by Gasteiger charge is 2.18. The fraction of sp³-hybridized carbons (Fsp3) is 0.200. The van der Waals surface area contributed by atoms with Gasteiger partial charge in [-0.1, -0.05) is 97.2 Å². The average Bonchev–Trinajstić information content (AvgIpc) is 2.63. The lowest BCUT2D eigenvalue weighted by molar-refractivity contribution is 0.575. The number of unbranched alkanes of at least 4 members (excludes halogenated alkanes) is 1. The normalized spacial score (nSPS) is 13.1. The lowest BCUT2D eigenvalue weighted by atomic mass is 10.2. The van der Waals surface area contributed by atoms with Crippen LogP contribution in [0.25, 0.3) is 10.1 Å². The van der Waals surface area contributed by atoms with E-state index in [0.717, 1.165) is 24.0 Å². The lowest BCUT2D eigenvalue weighted by Crippen LogP contribution is -2.09. The molecular formula is C20H22Cl2NOP. The van der Waals surface area contributed by atoms with Gasteiger partial charge in [0.05, 0.1) is 10.1 Å². The highest BCUT2D eigenvalue weighted by atomic mass is 35.5. The van der Waals surface area contributed by atoms with Crippen LogP contribution in [0.3, 0.4) is 0 Å². The smallest absolute Gasteiger partial charge is 0.193 e. The van der Waals surface area contributed by atoms with Gasteiger partial charge < -0.3 is 0 Å². The van der Waals surface area contributed by atoms with E-state index in [4.69, 9.17) is 23.2 Å². The van der Waals surface area contributed by atoms with Crippen molar-refractivity contribution in [3.05, 3.63) is 83.4 Å². The summed E-state index contributed by atoms with van der Waals surface area (Å²) in [6.07, 6.45) is 1.94. The van der Waals surface area contributed by atoms with E-state index >= 15 is 0 Å². The van der Waals surface area contributed by atoms with Gasteiger partial charge >= 0.3 is 0 Å². The molecule has 0 spiro atoms. The molecule has 25 heavy (non-hydrogen) atoms. The van der Waals surface area contributed by atoms with E-state index in [9.17, 15) is 4.57 Å². The van der Waals surface area contributed by atoms with Crippen LogP contribution >= 0.6 is 30.5 Å². The molecule has 0 radical (unpaired) electrons. The summed E-state index contributed by atoms with van der Waals surface area (Å²) < 4.78 is 13.4. The molecule has 2 rings (SSSR count). The Hall–Kier alpha value is -1.31. The molecule has 0 aliphatic carbocycles. The van der Waals surface area contributed by atoms with Gasteiger partial charge in [0.2, 0.25) is 0 Å². The third-order valence-corrected chi connectivity index (χ3v) is 6.56. The van der Waals surface area contributed by atoms with Crippen molar-refractivity contribution in [3.8, 4) is 0 Å². The second-order valence-electron chi connectivity index (χ2n) is 5.66. The molecule has 5 heteroatoms. The van der Waals surface area contributed by atoms with Crippen molar-refractivity contribution < 1.29 is 4.57 Å². The van der Waals surface area contributed by atoms with E-state index in [-0.39, 0.29) is 0 Å². The van der Waals surface area contributed by atoms with Gasteiger partial charge in [0, 0.05) is 18.2 Å². The Kier molecular flexibility index (Phi) is 7.99. The monoisotopic (exact) mass is 393 g/mol. The van der Waals surface area contributed by atoms with Gasteiger partial charge in [-0.25, -0.2) is 0 Å². The molecule has 0 saturated heterocycles. The zero-order chi connectivity index (χ0) is 18.1. The first-order valence-electron chi connectivity index (χ1n) is 8.26. The van der Waals surface area contributed by atoms with Crippen LogP contribution in [0.15, 0.2) is 72.3 Å². The second kappa shape index (κ2) is 9.99. The zero-order valence-corrected chi connectivity index (χ0v) is 16.6. The van der Waals surface area contributed by atoms with Gasteiger partial charge in [-0.15, -0.1) is 0 Å². The average molecular weight is 394 g/mol. The van der Waals surface area contributed by atoms with Crippen LogP contribution in [0.1, 0.15) is 30.9 Å². The van der Waals surface area contributed by atoms with Crippen LogP contribution < -0.4 is 5.09 Å². The van der Waals surface area contributed by atoms with Gasteiger partial charge in [-0.2, -0.15) is 0 Å². The third-order valence-electron chi connectivity index (χ3n) is 3.60. The molecule has 0 aliphatic rings. The van der Waals surface area contributed by atoms with E-state index in [1.165, 1.54) is 0 Å². The van der Waals surface area contributed by atoms with Gasteiger partial charge in [0.25, 0.3) is 0 Å². The SMILES string of the molecule is CCCCNP(=O)(/C=C(\Cl)c1ccccc1)/C=C(\Cl)c1ccccc1. The maximum atomic E-state index is 13.4. The maximum Gasteiger partial charge on any atom is 0.193 e. The minimum Gasteiger partial charge on any atom is -0.298 e. The maximum absolute atomic E-state index is 13.4. The summed E-state index contributed by atoms with van der Waals surface area (Å²) in [5.41, 5.74) is 1.65. The largest absolute Gasteiger partial charge is 0.298 e. The van der Waals surface area contributed by atoms with Crippen LogP contribution in [0, 0.1) is 0 Å². The molecule has 0 heterocycles. The standard InChI is InChI=1S/C20H22Cl2NOP/c1-2-3-14-23-25(24,15-19(21)17-10-6-4-7-11-17)16-20(22)18-12-8-5-9-13-18/h4-13,15-16H,2-3,14H2,1H3,(H,23,24)/b19-15-,20-16-. The Bertz CT molecular complexity index is 713. The molecule has 0 amide bonds. The molecule has 0 fully saturated rings. The summed E-state index contributed by atoms with van der Waals surface area (Å²) in [7, 11) is -3.03. The van der Waals surface area contributed by atoms with E-state index in [2.05, 4.69) is 12.0 Å². The van der Waals surface area contributed by atoms with Gasteiger partial charge in [-0.3, -0.25) is 9.65 Å². The van der Waals surface area contributed by atoms with E-state index in [1.807, 2.05) is 60.7 Å². The molecule has 0 bridgehead atoms. The first-order chi connectivity index (χ1) is 12.0. The van der Waals surface area contributed by atoms with E-state index in [0.29, 0.717) is 16.6 Å². The highest BCUT2D eigenvalue weighted by molar-refractivity contribution is 7.68. The van der Waals surface area contributed by atoms with Crippen molar-refractivity contribution >= 4 is 40.6 Å². The summed E-state index contributed by atoms with van der Waals surface area (Å²) in [4.78, 5) is 0. The second-order valence-corrected chi connectivity index (χ2v) is 8.72. The summed E-state index contributed by atoms with van der Waals surface area (Å²) in [6, 6.07) is 19.0. The topological polar surface area (TPSA) is 29.1 Å². The Morgan fingerprint density at radius 1 is 0.920 bits per heavy atom. The van der Waals surface area contributed by atoms with Crippen molar-refractivity contribution in [1.82, 2.24) is 5.09 Å². The predicted octanol–water partition coefficient (Wildman–Crippen LogP) is 7.13. The van der Waals surface area contributed by atoms with Crippen molar-refractivity contribution in [2.75, 3.05) is 6.54 Å². The van der Waals surface area contributed by atoms with Crippen molar-refractivity contribution in [2.45, 2.75) is 19.8 Å². The zero-order valence-electron chi connectivity index (χ0n) is 14.2. The first-order valence-corrected chi connectivity index (χ1v) is 10.9. The highest BCUT2D eigenvalue weighted by Crippen LogP contribution is 2.50. The summed E-state index contributed by atoms with van der Waals surface area (Å²) >= 11 is 12.8. The van der Waals surface area contributed by atoms with E-state index < -0.39 is 7.29 Å². The molecule has 0 saturated carbocycles. The van der Waals surface area contributed by atoms with E-state index in [1.54, 1.807) is 11.6 Å². The molecule has 0 aromatic heterocycles. The number of hydrogen-bond acceptors (Lipinski definition) is 1. The number of nitrogens with one attached hydrogen (secondary N) is 1. The summed E-state index contributed by atoms with van der Waals surface area (Å²) in [5, 5.41) is 4.02. The number of hydrogen-bond donors (Lipinski definition) is 1. The van der Waals surface area contributed by atoms with Crippen LogP contribution in [-0.4, -0.2) is 6.54 Å². The Morgan fingerprint density at radius 2 is 1.36 bits per heavy atom. The number of halogens is 2. The fourth-order valence-corrected chi connectivity index (χ4v) is 5.10. The Balaban J connectivity index is 2.35. The number of benzene rings is 2. The van der Waals surface area contributed by atoms with Gasteiger partial charge in [0.1, 0.15) is 0 Å². The lowest BCUT2D eigenvalue weighted by Gasteiger charge is -2.14. The van der Waals surface area contributed by atoms with Crippen LogP contribution in [0.2, 0.25) is 0 Å². The van der Waals surface area contributed by atoms with Crippen molar-refractivity contribution in [2.24, 2.45) is 0 Å². The van der Waals surface area contributed by atoms with Crippen LogP contribution in [-0.2, 0) is 4.57 Å². The molecular weight excluding hydrogens is 372 g/mol. The Labute approximate surface area is 160 Å². The van der Waals surface area contributed by atoms with Gasteiger partial charge in [0.15, 0.2) is 7.29 Å². The molecule has 0 atom stereocenters. The minimum absolute atomic E-state index is 0.446. The first kappa shape index (κ1) is 20.0. The van der Waals surface area contributed by atoms with Crippen molar-refractivity contribution in [3.63, 3.8) is 0 Å². The molecule has 2 aromatic carbocycles. The molecule has 1 N–H and O–H groups in total. The summed E-state index contributed by atoms with van der Waals surface area (Å²) in [6.45, 7) is 2.73.